The van der Waals surface area contributed by atoms with Crippen LogP contribution in [-0.2, 0) is 19.1 Å². The molecule has 0 aliphatic carbocycles. The number of amides is 2. The number of para-hydroxylation sites is 1. The lowest BCUT2D eigenvalue weighted by molar-refractivity contribution is -0.152. The van der Waals surface area contributed by atoms with Crippen molar-refractivity contribution in [2.45, 2.75) is 32.7 Å². The molecule has 0 spiro atoms. The molecule has 1 aliphatic rings. The Bertz CT molecular complexity index is 789. The summed E-state index contributed by atoms with van der Waals surface area (Å²) in [7, 11) is 0. The molecule has 1 aromatic rings. The second-order valence-electron chi connectivity index (χ2n) is 6.98. The summed E-state index contributed by atoms with van der Waals surface area (Å²) < 4.78 is 18.9. The normalized spacial score (nSPS) is 18.7. The SMILES string of the molecule is CC(C)[C@](C)(C#N)NC(=O)COC(=O)[C@H]1CC(=O)N(c2ccccc2F)C1. The van der Waals surface area contributed by atoms with Gasteiger partial charge in [0.05, 0.1) is 17.7 Å². The Hall–Kier alpha value is -2.95. The summed E-state index contributed by atoms with van der Waals surface area (Å²) in [5.74, 6) is -3.16. The van der Waals surface area contributed by atoms with Gasteiger partial charge in [-0.15, -0.1) is 0 Å². The molecule has 1 fully saturated rings. The number of hydrogen-bond acceptors (Lipinski definition) is 5. The lowest BCUT2D eigenvalue weighted by Gasteiger charge is -2.27. The van der Waals surface area contributed by atoms with Gasteiger partial charge in [0.2, 0.25) is 5.91 Å². The number of ether oxygens (including phenoxy) is 1. The average molecular weight is 375 g/mol. The molecule has 0 radical (unpaired) electrons. The Morgan fingerprint density at radius 3 is 2.70 bits per heavy atom. The fourth-order valence-corrected chi connectivity index (χ4v) is 2.65. The molecule has 2 amide bonds. The number of halogens is 1. The summed E-state index contributed by atoms with van der Waals surface area (Å²) in [6, 6.07) is 7.83. The van der Waals surface area contributed by atoms with Gasteiger partial charge in [0.15, 0.2) is 6.61 Å². The van der Waals surface area contributed by atoms with E-state index < -0.39 is 35.8 Å². The van der Waals surface area contributed by atoms with Crippen LogP contribution >= 0.6 is 0 Å². The number of carbonyl (C=O) groups excluding carboxylic acids is 3. The van der Waals surface area contributed by atoms with Gasteiger partial charge in [0.1, 0.15) is 11.4 Å². The number of rotatable bonds is 6. The van der Waals surface area contributed by atoms with Gasteiger partial charge >= 0.3 is 5.97 Å². The number of anilines is 1. The van der Waals surface area contributed by atoms with E-state index in [1.165, 1.54) is 23.1 Å². The molecule has 2 atom stereocenters. The highest BCUT2D eigenvalue weighted by Gasteiger charge is 2.37. The van der Waals surface area contributed by atoms with Crippen molar-refractivity contribution < 1.29 is 23.5 Å². The summed E-state index contributed by atoms with van der Waals surface area (Å²) in [6.07, 6.45) is -0.114. The third-order valence-electron chi connectivity index (χ3n) is 4.73. The van der Waals surface area contributed by atoms with Crippen LogP contribution in [0.4, 0.5) is 10.1 Å². The highest BCUT2D eigenvalue weighted by atomic mass is 19.1. The first-order valence-corrected chi connectivity index (χ1v) is 8.61. The van der Waals surface area contributed by atoms with E-state index in [-0.39, 0.29) is 30.5 Å². The van der Waals surface area contributed by atoms with Gasteiger partial charge in [0.25, 0.3) is 5.91 Å². The molecule has 0 aromatic heterocycles. The van der Waals surface area contributed by atoms with E-state index in [2.05, 4.69) is 5.32 Å². The highest BCUT2D eigenvalue weighted by molar-refractivity contribution is 5.99. The van der Waals surface area contributed by atoms with Gasteiger partial charge in [-0.2, -0.15) is 5.26 Å². The zero-order chi connectivity index (χ0) is 20.2. The van der Waals surface area contributed by atoms with Crippen LogP contribution in [0.25, 0.3) is 0 Å². The topological polar surface area (TPSA) is 99.5 Å². The molecule has 144 valence electrons. The predicted octanol–water partition coefficient (Wildman–Crippen LogP) is 1.78. The van der Waals surface area contributed by atoms with E-state index >= 15 is 0 Å². The average Bonchev–Trinajstić information content (AvgIpc) is 3.01. The molecule has 0 bridgehead atoms. The minimum absolute atomic E-state index is 0.0118. The monoisotopic (exact) mass is 375 g/mol. The van der Waals surface area contributed by atoms with Crippen molar-refractivity contribution >= 4 is 23.5 Å². The van der Waals surface area contributed by atoms with Gasteiger partial charge in [-0.25, -0.2) is 4.39 Å². The fourth-order valence-electron chi connectivity index (χ4n) is 2.65. The van der Waals surface area contributed by atoms with Gasteiger partial charge < -0.3 is 15.0 Å². The lowest BCUT2D eigenvalue weighted by Crippen LogP contribution is -2.50. The molecule has 0 saturated carbocycles. The van der Waals surface area contributed by atoms with Crippen LogP contribution in [0.15, 0.2) is 24.3 Å². The van der Waals surface area contributed by atoms with Crippen molar-refractivity contribution in [1.82, 2.24) is 5.32 Å². The zero-order valence-corrected chi connectivity index (χ0v) is 15.5. The second kappa shape index (κ2) is 8.16. The first-order chi connectivity index (χ1) is 12.7. The van der Waals surface area contributed by atoms with Crippen molar-refractivity contribution in [3.63, 3.8) is 0 Å². The Morgan fingerprint density at radius 2 is 2.11 bits per heavy atom. The number of esters is 1. The number of benzene rings is 1. The van der Waals surface area contributed by atoms with Crippen molar-refractivity contribution in [2.75, 3.05) is 18.1 Å². The summed E-state index contributed by atoms with van der Waals surface area (Å²) in [5.41, 5.74) is -0.966. The van der Waals surface area contributed by atoms with Crippen LogP contribution in [-0.4, -0.2) is 36.5 Å². The minimum Gasteiger partial charge on any atom is -0.455 e. The molecule has 7 nitrogen and oxygen atoms in total. The summed E-state index contributed by atoms with van der Waals surface area (Å²) >= 11 is 0. The molecule has 0 unspecified atom stereocenters. The minimum atomic E-state index is -1.07. The summed E-state index contributed by atoms with van der Waals surface area (Å²) in [5, 5.41) is 11.7. The van der Waals surface area contributed by atoms with Crippen LogP contribution < -0.4 is 10.2 Å². The Balaban J connectivity index is 1.92. The zero-order valence-electron chi connectivity index (χ0n) is 15.5. The van der Waals surface area contributed by atoms with Crippen LogP contribution in [0, 0.1) is 29.0 Å². The van der Waals surface area contributed by atoms with Crippen LogP contribution in [0.2, 0.25) is 0 Å². The standard InChI is InChI=1S/C19H22FN3O4/c1-12(2)19(3,11-21)22-16(24)10-27-18(26)13-8-17(25)23(9-13)15-7-5-4-6-14(15)20/h4-7,12-13H,8-10H2,1-3H3,(H,22,24)/t13-,19-/m0/s1. The Kier molecular flexibility index (Phi) is 6.16. The van der Waals surface area contributed by atoms with E-state index in [0.717, 1.165) is 0 Å². The van der Waals surface area contributed by atoms with Crippen molar-refractivity contribution in [1.29, 1.82) is 5.26 Å². The first-order valence-electron chi connectivity index (χ1n) is 8.61. The van der Waals surface area contributed by atoms with Crippen molar-refractivity contribution in [3.8, 4) is 6.07 Å². The smallest absolute Gasteiger partial charge is 0.311 e. The summed E-state index contributed by atoms with van der Waals surface area (Å²) in [4.78, 5) is 37.5. The number of carbonyl (C=O) groups is 3. The number of nitrogens with zero attached hydrogens (tertiary/aromatic N) is 2. The summed E-state index contributed by atoms with van der Waals surface area (Å²) in [6.45, 7) is 4.60. The van der Waals surface area contributed by atoms with Gasteiger partial charge in [0, 0.05) is 13.0 Å². The second-order valence-corrected chi connectivity index (χ2v) is 6.98. The van der Waals surface area contributed by atoms with E-state index in [1.807, 2.05) is 6.07 Å². The maximum atomic E-state index is 13.9. The van der Waals surface area contributed by atoms with Crippen LogP contribution in [0.3, 0.4) is 0 Å². The highest BCUT2D eigenvalue weighted by Crippen LogP contribution is 2.27. The largest absolute Gasteiger partial charge is 0.455 e. The van der Waals surface area contributed by atoms with Gasteiger partial charge in [-0.05, 0) is 25.0 Å². The molecule has 1 saturated heterocycles. The number of hydrogen-bond donors (Lipinski definition) is 1. The van der Waals surface area contributed by atoms with Crippen LogP contribution in [0.5, 0.6) is 0 Å². The third kappa shape index (κ3) is 4.61. The van der Waals surface area contributed by atoms with E-state index in [1.54, 1.807) is 26.8 Å². The number of nitriles is 1. The maximum Gasteiger partial charge on any atom is 0.311 e. The van der Waals surface area contributed by atoms with Crippen LogP contribution in [0.1, 0.15) is 27.2 Å². The predicted molar refractivity (Wildman–Crippen MR) is 94.8 cm³/mol. The molecule has 27 heavy (non-hydrogen) atoms. The Labute approximate surface area is 157 Å². The quantitative estimate of drug-likeness (QED) is 0.764. The molecular formula is C19H22FN3O4. The van der Waals surface area contributed by atoms with Gasteiger partial charge in [-0.3, -0.25) is 14.4 Å². The molecule has 1 aliphatic heterocycles. The Morgan fingerprint density at radius 1 is 1.44 bits per heavy atom. The third-order valence-corrected chi connectivity index (χ3v) is 4.73. The van der Waals surface area contributed by atoms with Gasteiger partial charge in [-0.1, -0.05) is 26.0 Å². The van der Waals surface area contributed by atoms with E-state index in [4.69, 9.17) is 4.74 Å². The molecule has 1 aromatic carbocycles. The first kappa shape index (κ1) is 20.4. The maximum absolute atomic E-state index is 13.9. The molecule has 1 heterocycles. The van der Waals surface area contributed by atoms with Crippen molar-refractivity contribution in [2.24, 2.45) is 11.8 Å². The molecule has 1 N–H and O–H groups in total. The van der Waals surface area contributed by atoms with E-state index in [0.29, 0.717) is 0 Å². The lowest BCUT2D eigenvalue weighted by atomic mass is 9.90. The molecule has 8 heteroatoms. The number of nitrogens with one attached hydrogen (secondary N) is 1. The van der Waals surface area contributed by atoms with Crippen molar-refractivity contribution in [3.05, 3.63) is 30.1 Å². The van der Waals surface area contributed by atoms with E-state index in [9.17, 15) is 24.0 Å². The fraction of sp³-hybridized carbons (Fsp3) is 0.474. The molecule has 2 rings (SSSR count). The molecular weight excluding hydrogens is 353 g/mol.